The van der Waals surface area contributed by atoms with E-state index in [0.29, 0.717) is 11.5 Å². The van der Waals surface area contributed by atoms with Gasteiger partial charge in [-0.2, -0.15) is 0 Å². The summed E-state index contributed by atoms with van der Waals surface area (Å²) in [4.78, 5) is 121. The van der Waals surface area contributed by atoms with E-state index < -0.39 is 108 Å². The number of carbonyl (C=O) groups excluding carboxylic acids is 9. The van der Waals surface area contributed by atoms with Crippen LogP contribution in [0.25, 0.3) is 11.3 Å². The summed E-state index contributed by atoms with van der Waals surface area (Å²) >= 11 is 0. The Labute approximate surface area is 431 Å². The van der Waals surface area contributed by atoms with Gasteiger partial charge in [0.25, 0.3) is 11.8 Å². The number of anilines is 2. The fraction of sp³-hybridized carbons (Fsp3) is 0.373. The summed E-state index contributed by atoms with van der Waals surface area (Å²) in [6.45, 7) is 5.46. The lowest BCUT2D eigenvalue weighted by Gasteiger charge is -2.40. The van der Waals surface area contributed by atoms with Crippen LogP contribution >= 0.6 is 0 Å². The van der Waals surface area contributed by atoms with Crippen molar-refractivity contribution in [2.24, 2.45) is 16.9 Å². The van der Waals surface area contributed by atoms with Crippen molar-refractivity contribution >= 4 is 64.7 Å². The summed E-state index contributed by atoms with van der Waals surface area (Å²) < 4.78 is 31.2. The van der Waals surface area contributed by atoms with Gasteiger partial charge >= 0.3 is 6.03 Å². The number of rotatable bonds is 25. The second-order valence-electron chi connectivity index (χ2n) is 18.7. The van der Waals surface area contributed by atoms with Crippen LogP contribution in [0.3, 0.4) is 0 Å². The summed E-state index contributed by atoms with van der Waals surface area (Å²) in [7, 11) is 0. The van der Waals surface area contributed by atoms with Gasteiger partial charge in [0, 0.05) is 67.9 Å². The number of carbonyl (C=O) groups is 9. The van der Waals surface area contributed by atoms with Crippen LogP contribution in [0.2, 0.25) is 0 Å². The SMILES string of the molecule is C[C@H](NC(=O)CCNC(=O)[C@@H](N)CCN(C(=O)CO)[C@@H](c1nc(-c2cc(F)ccc2F)cn1Cc1ccccc1)C(C)(C)C)C(=O)N[C@@H](CCCNC(N)=O)C(=O)Nc1ccc(NC(=O)CN2C(=O)C=CC2=O)cc1. The molecule has 5 rings (SSSR count). The number of aliphatic hydroxyl groups is 1. The first-order valence-corrected chi connectivity index (χ1v) is 23.9. The normalized spacial score (nSPS) is 13.8. The molecule has 2 heterocycles. The summed E-state index contributed by atoms with van der Waals surface area (Å²) in [5.41, 5.74) is 12.1. The average Bonchev–Trinajstić information content (AvgIpc) is 3.91. The molecule has 1 aliphatic rings. The molecule has 0 fully saturated rings. The average molecular weight is 1040 g/mol. The molecular weight excluding hydrogens is 979 g/mol. The number of urea groups is 1. The molecule has 4 atom stereocenters. The highest BCUT2D eigenvalue weighted by atomic mass is 19.1. The van der Waals surface area contributed by atoms with E-state index in [0.717, 1.165) is 40.8 Å². The maximum absolute atomic E-state index is 15.1. The molecule has 0 spiro atoms. The molecule has 0 saturated heterocycles. The van der Waals surface area contributed by atoms with E-state index >= 15 is 4.39 Å². The van der Waals surface area contributed by atoms with Crippen LogP contribution in [0, 0.1) is 17.0 Å². The van der Waals surface area contributed by atoms with Crippen molar-refractivity contribution in [3.63, 3.8) is 0 Å². The zero-order valence-corrected chi connectivity index (χ0v) is 41.9. The predicted octanol–water partition coefficient (Wildman–Crippen LogP) is 1.95. The van der Waals surface area contributed by atoms with Gasteiger partial charge in [0.2, 0.25) is 35.4 Å². The van der Waals surface area contributed by atoms with E-state index in [4.69, 9.17) is 16.5 Å². The molecule has 1 aromatic heterocycles. The smallest absolute Gasteiger partial charge is 0.312 e. The molecule has 1 aliphatic heterocycles. The lowest BCUT2D eigenvalue weighted by molar-refractivity contribution is -0.140. The van der Waals surface area contributed by atoms with Crippen LogP contribution in [0.1, 0.15) is 70.8 Å². The second-order valence-corrected chi connectivity index (χ2v) is 18.7. The Hall–Kier alpha value is -8.38. The number of amides is 10. The van der Waals surface area contributed by atoms with Crippen molar-refractivity contribution in [1.29, 1.82) is 0 Å². The van der Waals surface area contributed by atoms with Crippen LogP contribution in [0.5, 0.6) is 0 Å². The lowest BCUT2D eigenvalue weighted by atomic mass is 9.84. The molecule has 400 valence electrons. The molecule has 10 amide bonds. The Morgan fingerprint density at radius 1 is 0.800 bits per heavy atom. The van der Waals surface area contributed by atoms with Crippen LogP contribution in [0.15, 0.2) is 91.1 Å². The lowest BCUT2D eigenvalue weighted by Crippen LogP contribution is -2.52. The van der Waals surface area contributed by atoms with Gasteiger partial charge in [0.05, 0.1) is 17.8 Å². The molecule has 0 unspecified atom stereocenters. The molecule has 11 N–H and O–H groups in total. The van der Waals surface area contributed by atoms with Gasteiger partial charge in [-0.15, -0.1) is 0 Å². The van der Waals surface area contributed by atoms with Crippen LogP contribution in [-0.4, -0.2) is 129 Å². The number of nitrogens with one attached hydrogen (secondary N) is 6. The third-order valence-corrected chi connectivity index (χ3v) is 11.7. The topological polar surface area (TPSA) is 322 Å². The van der Waals surface area contributed by atoms with Crippen LogP contribution < -0.4 is 43.4 Å². The molecule has 22 nitrogen and oxygen atoms in total. The molecule has 0 radical (unpaired) electrons. The number of benzene rings is 3. The zero-order valence-electron chi connectivity index (χ0n) is 41.9. The van der Waals surface area contributed by atoms with Crippen molar-refractivity contribution in [1.82, 2.24) is 40.6 Å². The highest BCUT2D eigenvalue weighted by Crippen LogP contribution is 2.39. The van der Waals surface area contributed by atoms with Crippen LogP contribution in [0.4, 0.5) is 25.0 Å². The van der Waals surface area contributed by atoms with Gasteiger partial charge in [0.1, 0.15) is 42.7 Å². The summed E-state index contributed by atoms with van der Waals surface area (Å²) in [5.74, 6) is -6.38. The highest BCUT2D eigenvalue weighted by Gasteiger charge is 2.39. The van der Waals surface area contributed by atoms with E-state index in [9.17, 15) is 52.6 Å². The monoisotopic (exact) mass is 1040 g/mol. The number of imide groups is 1. The van der Waals surface area contributed by atoms with Crippen molar-refractivity contribution in [2.45, 2.75) is 84.1 Å². The number of aliphatic hydroxyl groups excluding tert-OH is 1. The summed E-state index contributed by atoms with van der Waals surface area (Å²) in [5, 5.41) is 25.5. The highest BCUT2D eigenvalue weighted by molar-refractivity contribution is 6.15. The van der Waals surface area contributed by atoms with E-state index in [2.05, 4.69) is 31.9 Å². The molecule has 24 heteroatoms. The Balaban J connectivity index is 1.16. The minimum absolute atomic E-state index is 0.0297. The van der Waals surface area contributed by atoms with Gasteiger partial charge in [0.15, 0.2) is 0 Å². The van der Waals surface area contributed by atoms with Gasteiger partial charge in [-0.1, -0.05) is 51.1 Å². The number of nitrogens with two attached hydrogens (primary N) is 2. The largest absolute Gasteiger partial charge is 0.387 e. The number of nitrogens with zero attached hydrogens (tertiary/aromatic N) is 4. The van der Waals surface area contributed by atoms with Crippen molar-refractivity contribution in [3.05, 3.63) is 114 Å². The van der Waals surface area contributed by atoms with E-state index in [1.165, 1.54) is 36.1 Å². The van der Waals surface area contributed by atoms with Gasteiger partial charge in [-0.3, -0.25) is 43.3 Å². The first kappa shape index (κ1) is 57.5. The fourth-order valence-corrected chi connectivity index (χ4v) is 7.96. The number of aromatic nitrogens is 2. The molecule has 0 bridgehead atoms. The summed E-state index contributed by atoms with van der Waals surface area (Å²) in [6, 6.07) is 12.9. The fourth-order valence-electron chi connectivity index (χ4n) is 7.96. The second kappa shape index (κ2) is 26.5. The number of primary amides is 1. The van der Waals surface area contributed by atoms with Crippen LogP contribution in [-0.2, 0) is 44.9 Å². The molecular formula is C51H62F2N12O10. The predicted molar refractivity (Wildman–Crippen MR) is 270 cm³/mol. The third kappa shape index (κ3) is 16.8. The number of hydrogen-bond donors (Lipinski definition) is 9. The first-order chi connectivity index (χ1) is 35.5. The Bertz CT molecular complexity index is 2750. The summed E-state index contributed by atoms with van der Waals surface area (Å²) in [6.07, 6.45) is 3.52. The van der Waals surface area contributed by atoms with Crippen molar-refractivity contribution in [3.8, 4) is 11.3 Å². The number of halogens is 2. The molecule has 0 saturated carbocycles. The minimum atomic E-state index is -1.21. The maximum Gasteiger partial charge on any atom is 0.312 e. The van der Waals surface area contributed by atoms with E-state index in [1.54, 1.807) is 10.8 Å². The van der Waals surface area contributed by atoms with E-state index in [1.807, 2.05) is 51.1 Å². The quantitative estimate of drug-likeness (QED) is 0.0340. The Morgan fingerprint density at radius 3 is 2.08 bits per heavy atom. The molecule has 75 heavy (non-hydrogen) atoms. The van der Waals surface area contributed by atoms with Crippen molar-refractivity contribution < 1.29 is 57.0 Å². The van der Waals surface area contributed by atoms with Gasteiger partial charge < -0.3 is 57.9 Å². The third-order valence-electron chi connectivity index (χ3n) is 11.7. The molecule has 3 aromatic carbocycles. The number of imidazole rings is 1. The van der Waals surface area contributed by atoms with Gasteiger partial charge in [-0.25, -0.2) is 18.6 Å². The zero-order chi connectivity index (χ0) is 55.0. The Kier molecular flexibility index (Phi) is 20.4. The molecule has 0 aliphatic carbocycles. The Morgan fingerprint density at radius 2 is 1.45 bits per heavy atom. The van der Waals surface area contributed by atoms with E-state index in [-0.39, 0.29) is 68.8 Å². The maximum atomic E-state index is 15.1. The minimum Gasteiger partial charge on any atom is -0.387 e. The van der Waals surface area contributed by atoms with Crippen molar-refractivity contribution in [2.75, 3.05) is 43.4 Å². The first-order valence-electron chi connectivity index (χ1n) is 23.9. The number of hydrogen-bond acceptors (Lipinski definition) is 12. The molecule has 4 aromatic rings. The van der Waals surface area contributed by atoms with Gasteiger partial charge in [-0.05, 0) is 79.6 Å². The standard InChI is InChI=1S/C51H62F2N12O10/c1-30(47(72)62-38(11-8-22-57-50(55)75)49(74)60-34-15-13-33(14-16-34)59-41(68)28-65-42(69)18-19-43(65)70)58-40(67)20-23-56-48(73)37(54)21-24-64(44(71)29-66)45(51(2,3)4)46-61-39(35-25-32(52)12-17-36(35)53)27-63(46)26-31-9-6-5-7-10-31/h5-7,9-10,12-19,25,27,30,37-38,45,66H,8,11,20-24,26,28-29,54H2,1-4H3,(H,56,73)(H,58,67)(H,59,68)(H,60,74)(H,62,72)(H3,55,57,75)/t30-,37-,38-,45-/m0/s1.